The number of anilines is 1. The smallest absolute Gasteiger partial charge is 0.303 e. The fraction of sp³-hybridized carbons (Fsp3) is 0.667. The lowest BCUT2D eigenvalue weighted by Gasteiger charge is -2.58. The van der Waals surface area contributed by atoms with E-state index in [1.807, 2.05) is 11.8 Å². The predicted octanol–water partition coefficient (Wildman–Crippen LogP) is 4.54. The Hall–Kier alpha value is -1.99. The van der Waals surface area contributed by atoms with Crippen LogP contribution in [0.1, 0.15) is 53.4 Å². The molecule has 34 heavy (non-hydrogen) atoms. The SMILES string of the molecule is CC(=O)O[C@@H]1C[C@@]2(O)[C@H](C=C1C)CCC[C@]2(C)C(C)CN1CCN(c2ccc(F)cc2F)CC1. The lowest BCUT2D eigenvalue weighted by molar-refractivity contribution is -0.186. The van der Waals surface area contributed by atoms with Gasteiger partial charge in [0.25, 0.3) is 0 Å². The molecule has 5 atom stereocenters. The molecule has 3 aliphatic rings. The fourth-order valence-electron chi connectivity index (χ4n) is 6.55. The molecule has 2 aliphatic carbocycles. The summed E-state index contributed by atoms with van der Waals surface area (Å²) in [5.41, 5.74) is 0.243. The van der Waals surface area contributed by atoms with Crippen LogP contribution in [0.3, 0.4) is 0 Å². The van der Waals surface area contributed by atoms with Crippen LogP contribution >= 0.6 is 0 Å². The van der Waals surface area contributed by atoms with E-state index in [0.717, 1.165) is 50.5 Å². The highest BCUT2D eigenvalue weighted by Gasteiger charge is 2.58. The largest absolute Gasteiger partial charge is 0.458 e. The lowest BCUT2D eigenvalue weighted by Crippen LogP contribution is -2.62. The number of hydrogen-bond acceptors (Lipinski definition) is 5. The number of rotatable bonds is 5. The number of nitrogens with zero attached hydrogens (tertiary/aromatic N) is 2. The molecule has 1 aromatic carbocycles. The van der Waals surface area contributed by atoms with Crippen molar-refractivity contribution < 1.29 is 23.4 Å². The van der Waals surface area contributed by atoms with Crippen LogP contribution in [0.4, 0.5) is 14.5 Å². The van der Waals surface area contributed by atoms with E-state index < -0.39 is 17.2 Å². The number of halogens is 2. The van der Waals surface area contributed by atoms with Crippen LogP contribution in [0.5, 0.6) is 0 Å². The molecule has 1 saturated carbocycles. The maximum Gasteiger partial charge on any atom is 0.303 e. The van der Waals surface area contributed by atoms with Gasteiger partial charge in [-0.15, -0.1) is 0 Å². The summed E-state index contributed by atoms with van der Waals surface area (Å²) in [6.07, 6.45) is 5.15. The summed E-state index contributed by atoms with van der Waals surface area (Å²) >= 11 is 0. The summed E-state index contributed by atoms with van der Waals surface area (Å²) in [7, 11) is 0. The average Bonchev–Trinajstić information content (AvgIpc) is 2.76. The number of carbonyl (C=O) groups is 1. The first kappa shape index (κ1) is 25.1. The molecule has 188 valence electrons. The van der Waals surface area contributed by atoms with Gasteiger partial charge in [0.15, 0.2) is 0 Å². The minimum absolute atomic E-state index is 0.0683. The van der Waals surface area contributed by atoms with E-state index in [1.165, 1.54) is 19.1 Å². The third-order valence-corrected chi connectivity index (χ3v) is 8.83. The maximum atomic E-state index is 14.2. The van der Waals surface area contributed by atoms with Gasteiger partial charge in [0.2, 0.25) is 0 Å². The monoisotopic (exact) mass is 476 g/mol. The van der Waals surface area contributed by atoms with Crippen molar-refractivity contribution in [2.75, 3.05) is 37.6 Å². The van der Waals surface area contributed by atoms with E-state index in [1.54, 1.807) is 0 Å². The number of fused-ring (bicyclic) bond motifs is 1. The summed E-state index contributed by atoms with van der Waals surface area (Å²) in [6.45, 7) is 11.6. The van der Waals surface area contributed by atoms with Crippen LogP contribution in [0.2, 0.25) is 0 Å². The van der Waals surface area contributed by atoms with Gasteiger partial charge in [-0.2, -0.15) is 0 Å². The van der Waals surface area contributed by atoms with Crippen LogP contribution in [0, 0.1) is 28.9 Å². The molecule has 0 amide bonds. The van der Waals surface area contributed by atoms with Crippen molar-refractivity contribution in [1.82, 2.24) is 4.90 Å². The Morgan fingerprint density at radius 2 is 1.97 bits per heavy atom. The molecule has 7 heteroatoms. The van der Waals surface area contributed by atoms with E-state index in [4.69, 9.17) is 4.74 Å². The van der Waals surface area contributed by atoms with E-state index in [9.17, 15) is 18.7 Å². The molecule has 1 N–H and O–H groups in total. The zero-order chi connectivity index (χ0) is 24.7. The highest BCUT2D eigenvalue weighted by molar-refractivity contribution is 5.66. The molecule has 0 bridgehead atoms. The number of carbonyl (C=O) groups excluding carboxylic acids is 1. The highest BCUT2D eigenvalue weighted by Crippen LogP contribution is 2.56. The van der Waals surface area contributed by atoms with E-state index >= 15 is 0 Å². The van der Waals surface area contributed by atoms with Crippen LogP contribution in [-0.4, -0.2) is 60.4 Å². The standard InChI is InChI=1S/C27H38F2N2O3/c1-18-14-21-6-5-9-26(4,27(21,33)16-25(18)34-20(3)32)19(2)17-30-10-12-31(13-11-30)24-8-7-22(28)15-23(24)29/h7-8,14-15,19,21,25,33H,5-6,9-13,16-17H2,1-4H3/t19?,21-,25+,26+,27+/m0/s1. The van der Waals surface area contributed by atoms with Crippen molar-refractivity contribution in [2.45, 2.75) is 65.1 Å². The molecule has 0 radical (unpaired) electrons. The molecular formula is C27H38F2N2O3. The normalized spacial score (nSPS) is 33.1. The molecule has 0 aromatic heterocycles. The molecule has 1 saturated heterocycles. The number of aliphatic hydroxyl groups is 1. The van der Waals surface area contributed by atoms with E-state index in [0.29, 0.717) is 25.2 Å². The Morgan fingerprint density at radius 1 is 1.26 bits per heavy atom. The topological polar surface area (TPSA) is 53.0 Å². The number of piperazine rings is 1. The van der Waals surface area contributed by atoms with Crippen molar-refractivity contribution in [3.8, 4) is 0 Å². The maximum absolute atomic E-state index is 14.2. The quantitative estimate of drug-likeness (QED) is 0.500. The average molecular weight is 477 g/mol. The van der Waals surface area contributed by atoms with Gasteiger partial charge < -0.3 is 14.7 Å². The highest BCUT2D eigenvalue weighted by atomic mass is 19.1. The molecule has 1 unspecified atom stereocenters. The first-order valence-corrected chi connectivity index (χ1v) is 12.5. The lowest BCUT2D eigenvalue weighted by atomic mass is 9.51. The van der Waals surface area contributed by atoms with Crippen LogP contribution in [-0.2, 0) is 9.53 Å². The fourth-order valence-corrected chi connectivity index (χ4v) is 6.55. The minimum Gasteiger partial charge on any atom is -0.458 e. The van der Waals surface area contributed by atoms with E-state index in [-0.39, 0.29) is 29.3 Å². The molecule has 1 aromatic rings. The summed E-state index contributed by atoms with van der Waals surface area (Å²) in [5, 5.41) is 12.1. The van der Waals surface area contributed by atoms with Crippen molar-refractivity contribution in [3.05, 3.63) is 41.5 Å². The molecule has 1 aliphatic heterocycles. The second-order valence-electron chi connectivity index (χ2n) is 10.8. The van der Waals surface area contributed by atoms with Gasteiger partial charge in [-0.3, -0.25) is 9.69 Å². The zero-order valence-electron chi connectivity index (χ0n) is 20.8. The number of esters is 1. The van der Waals surface area contributed by atoms with Crippen molar-refractivity contribution >= 4 is 11.7 Å². The second kappa shape index (κ2) is 9.57. The van der Waals surface area contributed by atoms with Gasteiger partial charge in [0, 0.05) is 63.5 Å². The molecule has 1 heterocycles. The van der Waals surface area contributed by atoms with Crippen molar-refractivity contribution in [2.24, 2.45) is 17.3 Å². The third kappa shape index (κ3) is 4.61. The van der Waals surface area contributed by atoms with Crippen LogP contribution < -0.4 is 4.90 Å². The van der Waals surface area contributed by atoms with Gasteiger partial charge in [0.1, 0.15) is 17.7 Å². The Bertz CT molecular complexity index is 946. The van der Waals surface area contributed by atoms with Crippen molar-refractivity contribution in [1.29, 1.82) is 0 Å². The Balaban J connectivity index is 1.44. The number of benzene rings is 1. The minimum atomic E-state index is -0.927. The predicted molar refractivity (Wildman–Crippen MR) is 129 cm³/mol. The Kier molecular flexibility index (Phi) is 7.07. The van der Waals surface area contributed by atoms with Crippen molar-refractivity contribution in [3.63, 3.8) is 0 Å². The zero-order valence-corrected chi connectivity index (χ0v) is 20.8. The number of hydrogen-bond donors (Lipinski definition) is 1. The molecule has 4 rings (SSSR count). The third-order valence-electron chi connectivity index (χ3n) is 8.83. The first-order chi connectivity index (χ1) is 16.0. The van der Waals surface area contributed by atoms with Gasteiger partial charge in [-0.25, -0.2) is 8.78 Å². The second-order valence-corrected chi connectivity index (χ2v) is 10.8. The molecule has 5 nitrogen and oxygen atoms in total. The molecular weight excluding hydrogens is 438 g/mol. The van der Waals surface area contributed by atoms with Gasteiger partial charge in [0.05, 0.1) is 11.3 Å². The van der Waals surface area contributed by atoms with Gasteiger partial charge in [-0.1, -0.05) is 26.3 Å². The Labute approximate surface area is 201 Å². The van der Waals surface area contributed by atoms with Gasteiger partial charge >= 0.3 is 5.97 Å². The van der Waals surface area contributed by atoms with Crippen LogP contribution in [0.25, 0.3) is 0 Å². The van der Waals surface area contributed by atoms with Gasteiger partial charge in [-0.05, 0) is 43.4 Å². The van der Waals surface area contributed by atoms with Crippen LogP contribution in [0.15, 0.2) is 29.8 Å². The summed E-state index contributed by atoms with van der Waals surface area (Å²) in [6, 6.07) is 3.76. The summed E-state index contributed by atoms with van der Waals surface area (Å²) in [4.78, 5) is 16.0. The Morgan fingerprint density at radius 3 is 2.62 bits per heavy atom. The summed E-state index contributed by atoms with van der Waals surface area (Å²) < 4.78 is 33.1. The van der Waals surface area contributed by atoms with E-state index in [2.05, 4.69) is 24.8 Å². The molecule has 2 fully saturated rings. The molecule has 0 spiro atoms. The number of ether oxygens (including phenoxy) is 1. The summed E-state index contributed by atoms with van der Waals surface area (Å²) in [5.74, 6) is -1.11. The first-order valence-electron chi connectivity index (χ1n) is 12.5.